The molecule has 9 nitrogen and oxygen atoms in total. The van der Waals surface area contributed by atoms with E-state index in [1.807, 2.05) is 6.07 Å². The van der Waals surface area contributed by atoms with Crippen molar-refractivity contribution < 1.29 is 4.79 Å². The summed E-state index contributed by atoms with van der Waals surface area (Å²) in [4.78, 5) is 16.5. The number of hydrogen-bond donors (Lipinski definition) is 3. The Labute approximate surface area is 142 Å². The van der Waals surface area contributed by atoms with Crippen LogP contribution in [0.1, 0.15) is 16.2 Å². The highest BCUT2D eigenvalue weighted by molar-refractivity contribution is 6.07. The topological polar surface area (TPSA) is 132 Å². The van der Waals surface area contributed by atoms with Crippen molar-refractivity contribution in [2.75, 3.05) is 10.6 Å². The van der Waals surface area contributed by atoms with Crippen LogP contribution in [-0.4, -0.2) is 31.5 Å². The van der Waals surface area contributed by atoms with Gasteiger partial charge in [-0.05, 0) is 29.5 Å². The number of benzene rings is 1. The van der Waals surface area contributed by atoms with E-state index in [4.69, 9.17) is 0 Å². The first-order valence-electron chi connectivity index (χ1n) is 7.20. The van der Waals surface area contributed by atoms with Gasteiger partial charge < -0.3 is 10.6 Å². The van der Waals surface area contributed by atoms with Crippen LogP contribution in [0.3, 0.4) is 0 Å². The average Bonchev–Trinajstić information content (AvgIpc) is 3.18. The zero-order chi connectivity index (χ0) is 17.5. The van der Waals surface area contributed by atoms with Gasteiger partial charge in [0.1, 0.15) is 17.5 Å². The summed E-state index contributed by atoms with van der Waals surface area (Å²) in [5, 5.41) is 28.0. The largest absolute Gasteiger partial charge is 0.360 e. The van der Waals surface area contributed by atoms with Crippen LogP contribution in [0.4, 0.5) is 11.5 Å². The van der Waals surface area contributed by atoms with Crippen molar-refractivity contribution in [2.24, 2.45) is 0 Å². The highest BCUT2D eigenvalue weighted by Crippen LogP contribution is 2.18. The van der Waals surface area contributed by atoms with E-state index in [2.05, 4.69) is 36.2 Å². The van der Waals surface area contributed by atoms with E-state index in [1.165, 1.54) is 6.20 Å². The predicted octanol–water partition coefficient (Wildman–Crippen LogP) is 1.82. The van der Waals surface area contributed by atoms with Crippen LogP contribution in [0.25, 0.3) is 5.57 Å². The fraction of sp³-hybridized carbons (Fsp3) is 0. The van der Waals surface area contributed by atoms with E-state index in [9.17, 15) is 10.1 Å². The predicted molar refractivity (Wildman–Crippen MR) is 90.0 cm³/mol. The molecule has 0 radical (unpaired) electrons. The number of anilines is 2. The first-order valence-corrected chi connectivity index (χ1v) is 7.20. The summed E-state index contributed by atoms with van der Waals surface area (Å²) in [6.07, 6.45) is 3.00. The molecular weight excluding hydrogens is 320 g/mol. The molecule has 25 heavy (non-hydrogen) atoms. The molecule has 0 aliphatic heterocycles. The van der Waals surface area contributed by atoms with Gasteiger partial charge in [-0.15, -0.1) is 10.2 Å². The van der Waals surface area contributed by atoms with E-state index in [0.717, 1.165) is 0 Å². The average molecular weight is 332 g/mol. The molecule has 2 aromatic heterocycles. The number of nitrogens with one attached hydrogen (secondary N) is 3. The van der Waals surface area contributed by atoms with Crippen LogP contribution in [0, 0.1) is 11.3 Å². The van der Waals surface area contributed by atoms with E-state index in [0.29, 0.717) is 17.1 Å². The van der Waals surface area contributed by atoms with Gasteiger partial charge in [-0.2, -0.15) is 10.5 Å². The number of tetrazole rings is 1. The maximum atomic E-state index is 12.5. The van der Waals surface area contributed by atoms with E-state index >= 15 is 0 Å². The minimum atomic E-state index is -0.326. The van der Waals surface area contributed by atoms with Crippen LogP contribution in [0.5, 0.6) is 0 Å². The lowest BCUT2D eigenvalue weighted by Crippen LogP contribution is -2.14. The third-order valence-corrected chi connectivity index (χ3v) is 3.16. The van der Waals surface area contributed by atoms with Crippen molar-refractivity contribution in [3.63, 3.8) is 0 Å². The highest BCUT2D eigenvalue weighted by Gasteiger charge is 2.12. The molecule has 0 bridgehead atoms. The second-order valence-corrected chi connectivity index (χ2v) is 4.76. The van der Waals surface area contributed by atoms with Gasteiger partial charge in [-0.1, -0.05) is 18.2 Å². The molecule has 3 aromatic rings. The van der Waals surface area contributed by atoms with Gasteiger partial charge in [0, 0.05) is 12.4 Å². The maximum absolute atomic E-state index is 12.5. The molecule has 3 N–H and O–H groups in total. The number of amides is 1. The molecule has 0 saturated carbocycles. The molecule has 3 rings (SSSR count). The van der Waals surface area contributed by atoms with Crippen molar-refractivity contribution in [1.29, 1.82) is 5.26 Å². The SMILES string of the molecule is N#CC(=CNc1ccccc1C(=O)Nc1ccccn1)c1nn[nH]n1. The molecule has 0 unspecified atom stereocenters. The third-order valence-electron chi connectivity index (χ3n) is 3.16. The molecule has 122 valence electrons. The van der Waals surface area contributed by atoms with Gasteiger partial charge in [0.05, 0.1) is 11.3 Å². The number of rotatable bonds is 5. The second-order valence-electron chi connectivity index (χ2n) is 4.76. The van der Waals surface area contributed by atoms with Crippen molar-refractivity contribution in [1.82, 2.24) is 25.6 Å². The maximum Gasteiger partial charge on any atom is 0.258 e. The van der Waals surface area contributed by atoms with Gasteiger partial charge in [0.15, 0.2) is 0 Å². The fourth-order valence-corrected chi connectivity index (χ4v) is 2.00. The summed E-state index contributed by atoms with van der Waals surface area (Å²) in [5.74, 6) is 0.279. The number of carbonyl (C=O) groups excluding carboxylic acids is 1. The third kappa shape index (κ3) is 3.83. The van der Waals surface area contributed by atoms with Crippen LogP contribution < -0.4 is 10.6 Å². The zero-order valence-electron chi connectivity index (χ0n) is 12.8. The van der Waals surface area contributed by atoms with Crippen molar-refractivity contribution in [3.05, 3.63) is 66.2 Å². The van der Waals surface area contributed by atoms with E-state index in [-0.39, 0.29) is 17.3 Å². The van der Waals surface area contributed by atoms with E-state index in [1.54, 1.807) is 48.7 Å². The molecule has 1 aromatic carbocycles. The van der Waals surface area contributed by atoms with Crippen LogP contribution >= 0.6 is 0 Å². The Morgan fingerprint density at radius 1 is 1.20 bits per heavy atom. The quantitative estimate of drug-likeness (QED) is 0.607. The minimum absolute atomic E-state index is 0.158. The molecule has 2 heterocycles. The van der Waals surface area contributed by atoms with Crippen LogP contribution in [-0.2, 0) is 0 Å². The van der Waals surface area contributed by atoms with Gasteiger partial charge in [0.2, 0.25) is 5.82 Å². The van der Waals surface area contributed by atoms with Crippen molar-refractivity contribution in [2.45, 2.75) is 0 Å². The molecule has 0 aliphatic carbocycles. The van der Waals surface area contributed by atoms with E-state index < -0.39 is 0 Å². The minimum Gasteiger partial charge on any atom is -0.360 e. The molecule has 0 spiro atoms. The highest BCUT2D eigenvalue weighted by atomic mass is 16.1. The first-order chi connectivity index (χ1) is 12.3. The second kappa shape index (κ2) is 7.47. The fourth-order valence-electron chi connectivity index (χ4n) is 2.00. The lowest BCUT2D eigenvalue weighted by molar-refractivity contribution is 0.102. The number of pyridine rings is 1. The summed E-state index contributed by atoms with van der Waals surface area (Å²) >= 11 is 0. The number of aromatic amines is 1. The Morgan fingerprint density at radius 2 is 2.04 bits per heavy atom. The monoisotopic (exact) mass is 332 g/mol. The summed E-state index contributed by atoms with van der Waals surface area (Å²) < 4.78 is 0. The summed E-state index contributed by atoms with van der Waals surface area (Å²) in [7, 11) is 0. The van der Waals surface area contributed by atoms with Gasteiger partial charge in [-0.25, -0.2) is 4.98 Å². The van der Waals surface area contributed by atoms with Crippen LogP contribution in [0.15, 0.2) is 54.9 Å². The number of nitriles is 1. The molecule has 9 heteroatoms. The summed E-state index contributed by atoms with van der Waals surface area (Å²) in [5.41, 5.74) is 1.09. The zero-order valence-corrected chi connectivity index (χ0v) is 12.8. The molecule has 1 amide bonds. The lowest BCUT2D eigenvalue weighted by Gasteiger charge is -2.09. The Balaban J connectivity index is 1.81. The normalized spacial score (nSPS) is 10.8. The first kappa shape index (κ1) is 15.8. The van der Waals surface area contributed by atoms with Gasteiger partial charge in [0.25, 0.3) is 5.91 Å². The number of H-pyrrole nitrogens is 1. The Bertz CT molecular complexity index is 928. The molecule has 0 saturated heterocycles. The number of para-hydroxylation sites is 1. The Kier molecular flexibility index (Phi) is 4.73. The summed E-state index contributed by atoms with van der Waals surface area (Å²) in [6, 6.07) is 14.1. The summed E-state index contributed by atoms with van der Waals surface area (Å²) in [6.45, 7) is 0. The smallest absolute Gasteiger partial charge is 0.258 e. The number of allylic oxidation sites excluding steroid dienone is 1. The molecular formula is C16H12N8O. The Morgan fingerprint density at radius 3 is 2.76 bits per heavy atom. The lowest BCUT2D eigenvalue weighted by atomic mass is 10.1. The van der Waals surface area contributed by atoms with Gasteiger partial charge in [-0.3, -0.25) is 4.79 Å². The van der Waals surface area contributed by atoms with Crippen LogP contribution in [0.2, 0.25) is 0 Å². The number of aromatic nitrogens is 5. The molecule has 0 atom stereocenters. The Hall–Kier alpha value is -4.06. The molecule has 0 aliphatic rings. The standard InChI is InChI=1S/C16H12N8O/c17-9-11(15-21-23-24-22-15)10-19-13-6-2-1-5-12(13)16(25)20-14-7-3-4-8-18-14/h1-8,10,19H,(H,18,20,25)(H,21,22,23,24). The van der Waals surface area contributed by atoms with Crippen molar-refractivity contribution >= 4 is 23.0 Å². The number of carbonyl (C=O) groups is 1. The number of nitrogens with zero attached hydrogens (tertiary/aromatic N) is 5. The van der Waals surface area contributed by atoms with Gasteiger partial charge >= 0.3 is 0 Å². The molecule has 0 fully saturated rings. The van der Waals surface area contributed by atoms with Crippen molar-refractivity contribution in [3.8, 4) is 6.07 Å². The number of hydrogen-bond acceptors (Lipinski definition) is 7.